The maximum atomic E-state index is 13.7. The van der Waals surface area contributed by atoms with E-state index in [4.69, 9.17) is 10.5 Å². The summed E-state index contributed by atoms with van der Waals surface area (Å²) in [6, 6.07) is 6.12. The van der Waals surface area contributed by atoms with Gasteiger partial charge in [0.1, 0.15) is 5.82 Å². The molecule has 1 aliphatic rings. The molecule has 3 atom stereocenters. The number of nitrogens with one attached hydrogen (secondary N) is 1. The minimum atomic E-state index is -0.662. The first kappa shape index (κ1) is 23.6. The Morgan fingerprint density at radius 2 is 1.89 bits per heavy atom. The van der Waals surface area contributed by atoms with Crippen LogP contribution in [-0.4, -0.2) is 31.2 Å². The zero-order chi connectivity index (χ0) is 20.2. The van der Waals surface area contributed by atoms with Gasteiger partial charge in [-0.25, -0.2) is 4.39 Å². The molecule has 0 radical (unpaired) electrons. The summed E-state index contributed by atoms with van der Waals surface area (Å²) in [5.74, 6) is 0.126. The molecule has 4 nitrogen and oxygen atoms in total. The van der Waals surface area contributed by atoms with E-state index in [1.807, 2.05) is 20.8 Å². The highest BCUT2D eigenvalue weighted by molar-refractivity contribution is 5.81. The normalized spacial score (nSPS) is 18.0. The number of nitrogens with two attached hydrogens (primary N) is 1. The summed E-state index contributed by atoms with van der Waals surface area (Å²) in [6.45, 7) is 5.86. The van der Waals surface area contributed by atoms with Crippen molar-refractivity contribution in [2.75, 3.05) is 7.11 Å². The molecule has 1 aromatic rings. The van der Waals surface area contributed by atoms with Gasteiger partial charge in [-0.05, 0) is 37.3 Å². The van der Waals surface area contributed by atoms with Gasteiger partial charge in [-0.3, -0.25) is 4.79 Å². The molecular formula is C22H37FN2O2. The molecule has 0 saturated heterocycles. The molecule has 3 N–H and O–H groups in total. The van der Waals surface area contributed by atoms with Crippen molar-refractivity contribution in [2.45, 2.75) is 83.9 Å². The van der Waals surface area contributed by atoms with E-state index in [9.17, 15) is 9.18 Å². The number of ether oxygens (including phenoxy) is 1. The second kappa shape index (κ2) is 12.8. The first-order valence-electron chi connectivity index (χ1n) is 10.3. The molecular weight excluding hydrogens is 343 g/mol. The van der Waals surface area contributed by atoms with Gasteiger partial charge in [0.15, 0.2) is 6.10 Å². The molecule has 0 bridgehead atoms. The van der Waals surface area contributed by atoms with Crippen molar-refractivity contribution < 1.29 is 13.9 Å². The second-order valence-electron chi connectivity index (χ2n) is 7.27. The average Bonchev–Trinajstić information content (AvgIpc) is 2.66. The van der Waals surface area contributed by atoms with Crippen LogP contribution in [-0.2, 0) is 16.0 Å². The fourth-order valence-electron chi connectivity index (χ4n) is 3.78. The molecule has 2 unspecified atom stereocenters. The number of rotatable bonds is 8. The van der Waals surface area contributed by atoms with Gasteiger partial charge in [0.2, 0.25) is 0 Å². The summed E-state index contributed by atoms with van der Waals surface area (Å²) in [4.78, 5) is 12.5. The van der Waals surface area contributed by atoms with E-state index in [0.29, 0.717) is 17.9 Å². The standard InChI is InChI=1S/C20H31FN2O2.C2H6/c1-14(12-16-10-6-7-11-17(16)21)23-20(24)19(25-2)18(22)13-15-8-4-3-5-9-15;1-2/h6-7,10-11,14-15,18-19H,3-5,8-9,12-13,22H2,1-2H3,(H,23,24);1-2H3/t14?,18-,19?;/m1./s1. The van der Waals surface area contributed by atoms with Crippen LogP contribution in [0.3, 0.4) is 0 Å². The van der Waals surface area contributed by atoms with Gasteiger partial charge in [-0.15, -0.1) is 0 Å². The first-order valence-corrected chi connectivity index (χ1v) is 10.3. The lowest BCUT2D eigenvalue weighted by Gasteiger charge is -2.29. The van der Waals surface area contributed by atoms with Gasteiger partial charge in [0, 0.05) is 19.2 Å². The van der Waals surface area contributed by atoms with Crippen molar-refractivity contribution in [1.82, 2.24) is 5.32 Å². The van der Waals surface area contributed by atoms with Crippen LogP contribution >= 0.6 is 0 Å². The van der Waals surface area contributed by atoms with Crippen molar-refractivity contribution in [1.29, 1.82) is 0 Å². The average molecular weight is 381 g/mol. The van der Waals surface area contributed by atoms with Gasteiger partial charge in [0.05, 0.1) is 0 Å². The molecule has 0 heterocycles. The second-order valence-corrected chi connectivity index (χ2v) is 7.27. The zero-order valence-corrected chi connectivity index (χ0v) is 17.3. The van der Waals surface area contributed by atoms with E-state index in [-0.39, 0.29) is 23.8 Å². The van der Waals surface area contributed by atoms with E-state index in [0.717, 1.165) is 6.42 Å². The lowest BCUT2D eigenvalue weighted by molar-refractivity contribution is -0.133. The van der Waals surface area contributed by atoms with Crippen LogP contribution in [0, 0.1) is 11.7 Å². The fourth-order valence-corrected chi connectivity index (χ4v) is 3.78. The highest BCUT2D eigenvalue weighted by Crippen LogP contribution is 2.27. The monoisotopic (exact) mass is 380 g/mol. The van der Waals surface area contributed by atoms with Crippen LogP contribution in [0.25, 0.3) is 0 Å². The van der Waals surface area contributed by atoms with Crippen LogP contribution in [0.1, 0.15) is 64.9 Å². The summed E-state index contributed by atoms with van der Waals surface area (Å²) in [5.41, 5.74) is 6.86. The number of hydrogen-bond donors (Lipinski definition) is 2. The lowest BCUT2D eigenvalue weighted by atomic mass is 9.84. The van der Waals surface area contributed by atoms with E-state index >= 15 is 0 Å². The number of halogens is 1. The Bertz CT molecular complexity index is 547. The van der Waals surface area contributed by atoms with Crippen molar-refractivity contribution in [3.63, 3.8) is 0 Å². The number of amides is 1. The third kappa shape index (κ3) is 7.97. The third-order valence-electron chi connectivity index (χ3n) is 5.10. The molecule has 0 aliphatic heterocycles. The minimum Gasteiger partial charge on any atom is -0.370 e. The summed E-state index contributed by atoms with van der Waals surface area (Å²) < 4.78 is 19.1. The maximum absolute atomic E-state index is 13.7. The number of carbonyl (C=O) groups excluding carboxylic acids is 1. The van der Waals surface area contributed by atoms with Gasteiger partial charge >= 0.3 is 0 Å². The van der Waals surface area contributed by atoms with Gasteiger partial charge in [-0.2, -0.15) is 0 Å². The number of hydrogen-bond acceptors (Lipinski definition) is 3. The van der Waals surface area contributed by atoms with Crippen molar-refractivity contribution in [3.8, 4) is 0 Å². The van der Waals surface area contributed by atoms with E-state index in [1.54, 1.807) is 18.2 Å². The third-order valence-corrected chi connectivity index (χ3v) is 5.10. The topological polar surface area (TPSA) is 64.3 Å². The van der Waals surface area contributed by atoms with E-state index in [1.165, 1.54) is 45.3 Å². The summed E-state index contributed by atoms with van der Waals surface area (Å²) in [5, 5.41) is 2.91. The molecule has 1 aromatic carbocycles. The molecule has 2 rings (SSSR count). The van der Waals surface area contributed by atoms with Crippen molar-refractivity contribution in [3.05, 3.63) is 35.6 Å². The van der Waals surface area contributed by atoms with Crippen molar-refractivity contribution >= 4 is 5.91 Å². The maximum Gasteiger partial charge on any atom is 0.250 e. The Kier molecular flexibility index (Phi) is 11.2. The first-order chi connectivity index (χ1) is 13.0. The molecule has 1 aliphatic carbocycles. The van der Waals surface area contributed by atoms with Gasteiger partial charge in [0.25, 0.3) is 5.91 Å². The highest BCUT2D eigenvalue weighted by Gasteiger charge is 2.29. The van der Waals surface area contributed by atoms with E-state index < -0.39 is 6.10 Å². The Balaban J connectivity index is 0.00000176. The fraction of sp³-hybridized carbons (Fsp3) is 0.682. The molecule has 0 aromatic heterocycles. The molecule has 1 amide bonds. The summed E-state index contributed by atoms with van der Waals surface area (Å²) >= 11 is 0. The molecule has 1 fully saturated rings. The predicted molar refractivity (Wildman–Crippen MR) is 109 cm³/mol. The minimum absolute atomic E-state index is 0.191. The van der Waals surface area contributed by atoms with Crippen LogP contribution in [0.15, 0.2) is 24.3 Å². The SMILES string of the molecule is CC.COC(C(=O)NC(C)Cc1ccccc1F)[C@H](N)CC1CCCCC1. The quantitative estimate of drug-likeness (QED) is 0.710. The van der Waals surface area contributed by atoms with E-state index in [2.05, 4.69) is 5.32 Å². The zero-order valence-electron chi connectivity index (χ0n) is 17.3. The molecule has 27 heavy (non-hydrogen) atoms. The van der Waals surface area contributed by atoms with Crippen molar-refractivity contribution in [2.24, 2.45) is 11.7 Å². The number of methoxy groups -OCH3 is 1. The largest absolute Gasteiger partial charge is 0.370 e. The molecule has 1 saturated carbocycles. The Labute approximate surface area is 164 Å². The predicted octanol–water partition coefficient (Wildman–Crippen LogP) is 4.21. The van der Waals surface area contributed by atoms with Crippen LogP contribution in [0.2, 0.25) is 0 Å². The Morgan fingerprint density at radius 3 is 2.48 bits per heavy atom. The molecule has 154 valence electrons. The summed E-state index contributed by atoms with van der Waals surface area (Å²) in [7, 11) is 1.52. The smallest absolute Gasteiger partial charge is 0.250 e. The van der Waals surface area contributed by atoms with Gasteiger partial charge < -0.3 is 15.8 Å². The molecule has 0 spiro atoms. The lowest BCUT2D eigenvalue weighted by Crippen LogP contribution is -2.50. The van der Waals surface area contributed by atoms with Crippen LogP contribution < -0.4 is 11.1 Å². The van der Waals surface area contributed by atoms with Crippen LogP contribution in [0.5, 0.6) is 0 Å². The number of benzene rings is 1. The number of carbonyl (C=O) groups is 1. The Hall–Kier alpha value is -1.46. The Morgan fingerprint density at radius 1 is 1.26 bits per heavy atom. The highest BCUT2D eigenvalue weighted by atomic mass is 19.1. The molecule has 5 heteroatoms. The van der Waals surface area contributed by atoms with Gasteiger partial charge in [-0.1, -0.05) is 64.2 Å². The van der Waals surface area contributed by atoms with Crippen LogP contribution in [0.4, 0.5) is 4.39 Å². The summed E-state index contributed by atoms with van der Waals surface area (Å²) in [6.07, 6.45) is 6.77.